The molecule has 1 heterocycles. The summed E-state index contributed by atoms with van der Waals surface area (Å²) in [5.74, 6) is 0. The number of hydrogen-bond donors (Lipinski definition) is 0. The van der Waals surface area contributed by atoms with Crippen molar-refractivity contribution in [3.05, 3.63) is 29.1 Å². The van der Waals surface area contributed by atoms with Gasteiger partial charge in [0.25, 0.3) is 0 Å². The fourth-order valence-electron chi connectivity index (χ4n) is 1.38. The molecule has 72 valence electrons. The lowest BCUT2D eigenvalue weighted by atomic mass is 9.87. The summed E-state index contributed by atoms with van der Waals surface area (Å²) in [6, 6.07) is 2.26. The van der Waals surface area contributed by atoms with E-state index in [2.05, 4.69) is 45.7 Å². The zero-order valence-electron chi connectivity index (χ0n) is 9.31. The number of nitrogens with zero attached hydrogens (tertiary/aromatic N) is 1. The van der Waals surface area contributed by atoms with Gasteiger partial charge in [-0.15, -0.1) is 0 Å². The van der Waals surface area contributed by atoms with Crippen molar-refractivity contribution in [3.63, 3.8) is 0 Å². The molecule has 0 saturated heterocycles. The van der Waals surface area contributed by atoms with Crippen LogP contribution in [0.3, 0.4) is 0 Å². The summed E-state index contributed by atoms with van der Waals surface area (Å²) in [6.45, 7) is 10.9. The lowest BCUT2D eigenvalue weighted by molar-refractivity contribution is 0.586. The Morgan fingerprint density at radius 3 is 2.31 bits per heavy atom. The number of rotatable bonds is 1. The molecule has 13 heavy (non-hydrogen) atoms. The van der Waals surface area contributed by atoms with Gasteiger partial charge < -0.3 is 0 Å². The van der Waals surface area contributed by atoms with Crippen molar-refractivity contribution in [2.75, 3.05) is 0 Å². The summed E-state index contributed by atoms with van der Waals surface area (Å²) in [6.07, 6.45) is 3.03. The zero-order chi connectivity index (χ0) is 10.1. The van der Waals surface area contributed by atoms with Crippen molar-refractivity contribution in [3.8, 4) is 0 Å². The van der Waals surface area contributed by atoms with E-state index in [9.17, 15) is 0 Å². The Labute approximate surface area is 81.2 Å². The first-order chi connectivity index (χ1) is 5.95. The first kappa shape index (κ1) is 10.2. The van der Waals surface area contributed by atoms with Gasteiger partial charge >= 0.3 is 0 Å². The maximum absolute atomic E-state index is 4.46. The van der Waals surface area contributed by atoms with Crippen LogP contribution in [0.2, 0.25) is 0 Å². The van der Waals surface area contributed by atoms with Crippen LogP contribution in [0.25, 0.3) is 0 Å². The number of pyridine rings is 1. The molecule has 0 N–H and O–H groups in total. The molecule has 0 atom stereocenters. The van der Waals surface area contributed by atoms with E-state index in [1.54, 1.807) is 0 Å². The van der Waals surface area contributed by atoms with E-state index in [1.165, 1.54) is 16.8 Å². The van der Waals surface area contributed by atoms with Crippen LogP contribution in [0.1, 0.15) is 44.5 Å². The van der Waals surface area contributed by atoms with Gasteiger partial charge in [-0.05, 0) is 29.9 Å². The first-order valence-corrected chi connectivity index (χ1v) is 4.91. The van der Waals surface area contributed by atoms with Crippen molar-refractivity contribution in [1.29, 1.82) is 0 Å². The Bertz CT molecular complexity index is 294. The van der Waals surface area contributed by atoms with Gasteiger partial charge in [-0.1, -0.05) is 33.8 Å². The van der Waals surface area contributed by atoms with Crippen molar-refractivity contribution in [2.45, 2.75) is 46.5 Å². The molecule has 0 aromatic carbocycles. The molecule has 0 saturated carbocycles. The third-order valence-corrected chi connectivity index (χ3v) is 2.39. The van der Waals surface area contributed by atoms with E-state index < -0.39 is 0 Å². The largest absolute Gasteiger partial charge is 0.261 e. The summed E-state index contributed by atoms with van der Waals surface area (Å²) in [5, 5.41) is 0. The average Bonchev–Trinajstić information content (AvgIpc) is 2.02. The van der Waals surface area contributed by atoms with E-state index in [0.29, 0.717) is 0 Å². The van der Waals surface area contributed by atoms with E-state index in [0.717, 1.165) is 6.42 Å². The predicted octanol–water partition coefficient (Wildman–Crippen LogP) is 3.25. The SMILES string of the molecule is CCc1ncc(C(C)(C)C)cc1C. The predicted molar refractivity (Wildman–Crippen MR) is 57.1 cm³/mol. The highest BCUT2D eigenvalue weighted by Gasteiger charge is 2.14. The van der Waals surface area contributed by atoms with Gasteiger partial charge in [-0.3, -0.25) is 4.98 Å². The van der Waals surface area contributed by atoms with E-state index in [4.69, 9.17) is 0 Å². The third kappa shape index (κ3) is 2.30. The summed E-state index contributed by atoms with van der Waals surface area (Å²) in [4.78, 5) is 4.46. The van der Waals surface area contributed by atoms with Crippen LogP contribution >= 0.6 is 0 Å². The molecule has 1 heteroatoms. The van der Waals surface area contributed by atoms with Gasteiger partial charge in [0, 0.05) is 11.9 Å². The molecule has 0 aliphatic carbocycles. The molecule has 0 aliphatic heterocycles. The van der Waals surface area contributed by atoms with Crippen molar-refractivity contribution in [2.24, 2.45) is 0 Å². The highest BCUT2D eigenvalue weighted by molar-refractivity contribution is 5.28. The Morgan fingerprint density at radius 1 is 1.31 bits per heavy atom. The van der Waals surface area contributed by atoms with Crippen LogP contribution in [-0.2, 0) is 11.8 Å². The van der Waals surface area contributed by atoms with Gasteiger partial charge in [0.2, 0.25) is 0 Å². The molecular formula is C12H19N. The summed E-state index contributed by atoms with van der Waals surface area (Å²) < 4.78 is 0. The maximum Gasteiger partial charge on any atom is 0.0430 e. The lowest BCUT2D eigenvalue weighted by Gasteiger charge is -2.19. The number of aryl methyl sites for hydroxylation is 2. The molecule has 0 bridgehead atoms. The quantitative estimate of drug-likeness (QED) is 0.641. The van der Waals surface area contributed by atoms with Crippen LogP contribution < -0.4 is 0 Å². The Hall–Kier alpha value is -0.850. The summed E-state index contributed by atoms with van der Waals surface area (Å²) in [5.41, 5.74) is 4.06. The highest BCUT2D eigenvalue weighted by atomic mass is 14.7. The Morgan fingerprint density at radius 2 is 1.92 bits per heavy atom. The van der Waals surface area contributed by atoms with Crippen LogP contribution in [0.15, 0.2) is 12.3 Å². The van der Waals surface area contributed by atoms with E-state index >= 15 is 0 Å². The third-order valence-electron chi connectivity index (χ3n) is 2.39. The van der Waals surface area contributed by atoms with Crippen molar-refractivity contribution in [1.82, 2.24) is 4.98 Å². The Kier molecular flexibility index (Phi) is 2.74. The monoisotopic (exact) mass is 177 g/mol. The fourth-order valence-corrected chi connectivity index (χ4v) is 1.38. The highest BCUT2D eigenvalue weighted by Crippen LogP contribution is 2.22. The lowest BCUT2D eigenvalue weighted by Crippen LogP contribution is -2.12. The van der Waals surface area contributed by atoms with Gasteiger partial charge in [-0.2, -0.15) is 0 Å². The van der Waals surface area contributed by atoms with E-state index in [-0.39, 0.29) is 5.41 Å². The molecule has 1 nitrogen and oxygen atoms in total. The minimum Gasteiger partial charge on any atom is -0.261 e. The molecule has 1 aromatic heterocycles. The summed E-state index contributed by atoms with van der Waals surface area (Å²) in [7, 11) is 0. The minimum absolute atomic E-state index is 0.212. The normalized spacial score (nSPS) is 11.8. The second kappa shape index (κ2) is 3.49. The summed E-state index contributed by atoms with van der Waals surface area (Å²) >= 11 is 0. The molecule has 0 unspecified atom stereocenters. The van der Waals surface area contributed by atoms with Crippen molar-refractivity contribution >= 4 is 0 Å². The standard InChI is InChI=1S/C12H19N/c1-6-11-9(2)7-10(8-13-11)12(3,4)5/h7-8H,6H2,1-5H3. The Balaban J connectivity index is 3.10. The molecule has 0 radical (unpaired) electrons. The van der Waals surface area contributed by atoms with Gasteiger partial charge in [0.05, 0.1) is 0 Å². The topological polar surface area (TPSA) is 12.9 Å². The molecule has 0 fully saturated rings. The van der Waals surface area contributed by atoms with Crippen molar-refractivity contribution < 1.29 is 0 Å². The average molecular weight is 177 g/mol. The number of aromatic nitrogens is 1. The molecule has 1 rings (SSSR count). The fraction of sp³-hybridized carbons (Fsp3) is 0.583. The van der Waals surface area contributed by atoms with Gasteiger partial charge in [-0.25, -0.2) is 0 Å². The maximum atomic E-state index is 4.46. The van der Waals surface area contributed by atoms with Crippen LogP contribution in [0.4, 0.5) is 0 Å². The molecular weight excluding hydrogens is 158 g/mol. The van der Waals surface area contributed by atoms with Gasteiger partial charge in [0.15, 0.2) is 0 Å². The molecule has 0 spiro atoms. The van der Waals surface area contributed by atoms with Crippen LogP contribution in [-0.4, -0.2) is 4.98 Å². The second-order valence-corrected chi connectivity index (χ2v) is 4.59. The van der Waals surface area contributed by atoms with E-state index in [1.807, 2.05) is 6.20 Å². The first-order valence-electron chi connectivity index (χ1n) is 4.91. The van der Waals surface area contributed by atoms with Gasteiger partial charge in [0.1, 0.15) is 0 Å². The van der Waals surface area contributed by atoms with Crippen LogP contribution in [0, 0.1) is 6.92 Å². The van der Waals surface area contributed by atoms with Crippen LogP contribution in [0.5, 0.6) is 0 Å². The number of hydrogen-bond acceptors (Lipinski definition) is 1. The molecule has 1 aromatic rings. The smallest absolute Gasteiger partial charge is 0.0430 e. The zero-order valence-corrected chi connectivity index (χ0v) is 9.31. The minimum atomic E-state index is 0.212. The molecule has 0 aliphatic rings. The molecule has 0 amide bonds. The second-order valence-electron chi connectivity index (χ2n) is 4.59.